The lowest BCUT2D eigenvalue weighted by molar-refractivity contribution is -0.157. The number of carbonyl (C=O) groups is 2. The Balaban J connectivity index is 2.45. The Kier molecular flexibility index (Phi) is 1.89. The van der Waals surface area contributed by atoms with E-state index in [0.717, 1.165) is 0 Å². The third-order valence-electron chi connectivity index (χ3n) is 2.41. The monoisotopic (exact) mass is 208 g/mol. The molecule has 78 valence electrons. The fourth-order valence-electron chi connectivity index (χ4n) is 1.64. The van der Waals surface area contributed by atoms with E-state index in [1.165, 1.54) is 6.08 Å². The number of ether oxygens (including phenoxy) is 1. The lowest BCUT2D eigenvalue weighted by Crippen LogP contribution is -2.40. The van der Waals surface area contributed by atoms with E-state index in [1.54, 1.807) is 18.2 Å². The molecule has 1 atom stereocenters. The van der Waals surface area contributed by atoms with Crippen molar-refractivity contribution < 1.29 is 24.5 Å². The van der Waals surface area contributed by atoms with Gasteiger partial charge in [-0.05, 0) is 6.08 Å². The molecule has 0 aromatic heterocycles. The number of allylic oxidation sites excluding steroid dienone is 2. The summed E-state index contributed by atoms with van der Waals surface area (Å²) in [5.74, 6) is -2.76. The minimum absolute atomic E-state index is 0.140. The van der Waals surface area contributed by atoms with Crippen LogP contribution in [0.5, 0.6) is 0 Å². The average Bonchev–Trinajstić information content (AvgIpc) is 2.58. The molecular weight excluding hydrogens is 200 g/mol. The van der Waals surface area contributed by atoms with Gasteiger partial charge in [-0.2, -0.15) is 0 Å². The van der Waals surface area contributed by atoms with E-state index < -0.39 is 17.5 Å². The molecule has 1 unspecified atom stereocenters. The molecule has 5 heteroatoms. The van der Waals surface area contributed by atoms with E-state index >= 15 is 0 Å². The highest BCUT2D eigenvalue weighted by Crippen LogP contribution is 2.39. The van der Waals surface area contributed by atoms with Crippen molar-refractivity contribution in [2.45, 2.75) is 12.0 Å². The van der Waals surface area contributed by atoms with Crippen LogP contribution in [0.2, 0.25) is 0 Å². The molecule has 2 aliphatic rings. The van der Waals surface area contributed by atoms with Crippen molar-refractivity contribution in [2.75, 3.05) is 0 Å². The summed E-state index contributed by atoms with van der Waals surface area (Å²) in [7, 11) is 0. The van der Waals surface area contributed by atoms with Gasteiger partial charge in [0.25, 0.3) is 0 Å². The maximum Gasteiger partial charge on any atom is 0.371 e. The third kappa shape index (κ3) is 1.24. The first-order valence-electron chi connectivity index (χ1n) is 4.31. The van der Waals surface area contributed by atoms with Crippen LogP contribution in [0.1, 0.15) is 6.42 Å². The van der Waals surface area contributed by atoms with Crippen LogP contribution >= 0.6 is 0 Å². The summed E-state index contributed by atoms with van der Waals surface area (Å²) in [4.78, 5) is 21.8. The van der Waals surface area contributed by atoms with E-state index in [4.69, 9.17) is 14.9 Å². The van der Waals surface area contributed by atoms with Gasteiger partial charge in [-0.3, -0.25) is 0 Å². The van der Waals surface area contributed by atoms with Gasteiger partial charge >= 0.3 is 11.9 Å². The van der Waals surface area contributed by atoms with E-state index in [0.29, 0.717) is 5.57 Å². The lowest BCUT2D eigenvalue weighted by atomic mass is 9.88. The van der Waals surface area contributed by atoms with E-state index in [9.17, 15) is 9.59 Å². The number of rotatable bonds is 2. The first kappa shape index (κ1) is 9.51. The molecule has 2 N–H and O–H groups in total. The summed E-state index contributed by atoms with van der Waals surface area (Å²) >= 11 is 0. The largest absolute Gasteiger partial charge is 0.478 e. The average molecular weight is 208 g/mol. The first-order chi connectivity index (χ1) is 7.06. The van der Waals surface area contributed by atoms with Gasteiger partial charge in [0.15, 0.2) is 0 Å². The Labute approximate surface area is 85.0 Å². The predicted molar refractivity (Wildman–Crippen MR) is 49.0 cm³/mol. The molecule has 0 fully saturated rings. The molecule has 1 aliphatic heterocycles. The Bertz CT molecular complexity index is 429. The standard InChI is InChI=1S/C10H8O5/c11-8(12)7-5-6-3-1-2-4-10(6,15-7)9(13)14/h1-3,5H,4H2,(H,11,12)(H,13,14). The summed E-state index contributed by atoms with van der Waals surface area (Å²) in [5.41, 5.74) is -1.17. The second-order valence-corrected chi connectivity index (χ2v) is 3.30. The zero-order valence-electron chi connectivity index (χ0n) is 7.64. The van der Waals surface area contributed by atoms with Gasteiger partial charge in [-0.15, -0.1) is 0 Å². The van der Waals surface area contributed by atoms with Gasteiger partial charge < -0.3 is 14.9 Å². The highest BCUT2D eigenvalue weighted by atomic mass is 16.6. The van der Waals surface area contributed by atoms with Crippen LogP contribution in [0, 0.1) is 0 Å². The number of fused-ring (bicyclic) bond motifs is 1. The van der Waals surface area contributed by atoms with Crippen LogP contribution in [0.4, 0.5) is 0 Å². The number of hydrogen-bond donors (Lipinski definition) is 2. The maximum absolute atomic E-state index is 11.1. The van der Waals surface area contributed by atoms with Crippen molar-refractivity contribution in [3.63, 3.8) is 0 Å². The molecular formula is C10H8O5. The summed E-state index contributed by atoms with van der Waals surface area (Å²) in [6.45, 7) is 0. The highest BCUT2D eigenvalue weighted by molar-refractivity contribution is 5.92. The molecule has 0 saturated heterocycles. The zero-order chi connectivity index (χ0) is 11.1. The number of carboxylic acids is 2. The highest BCUT2D eigenvalue weighted by Gasteiger charge is 2.49. The van der Waals surface area contributed by atoms with Crippen molar-refractivity contribution in [3.05, 3.63) is 35.6 Å². The second-order valence-electron chi connectivity index (χ2n) is 3.30. The fourth-order valence-corrected chi connectivity index (χ4v) is 1.64. The Morgan fingerprint density at radius 3 is 2.67 bits per heavy atom. The normalized spacial score (nSPS) is 27.5. The Morgan fingerprint density at radius 2 is 2.13 bits per heavy atom. The molecule has 15 heavy (non-hydrogen) atoms. The van der Waals surface area contributed by atoms with Gasteiger partial charge in [-0.25, -0.2) is 9.59 Å². The molecule has 0 spiro atoms. The van der Waals surface area contributed by atoms with Gasteiger partial charge in [0, 0.05) is 12.0 Å². The summed E-state index contributed by atoms with van der Waals surface area (Å²) < 4.78 is 5.02. The number of aliphatic carboxylic acids is 2. The minimum Gasteiger partial charge on any atom is -0.478 e. The fraction of sp³-hybridized carbons (Fsp3) is 0.200. The zero-order valence-corrected chi connectivity index (χ0v) is 7.64. The molecule has 0 aromatic carbocycles. The van der Waals surface area contributed by atoms with Crippen molar-refractivity contribution in [1.29, 1.82) is 0 Å². The third-order valence-corrected chi connectivity index (χ3v) is 2.41. The second kappa shape index (κ2) is 2.98. The molecule has 0 amide bonds. The van der Waals surface area contributed by atoms with Crippen LogP contribution < -0.4 is 0 Å². The predicted octanol–water partition coefficient (Wildman–Crippen LogP) is 0.695. The van der Waals surface area contributed by atoms with E-state index in [2.05, 4.69) is 0 Å². The van der Waals surface area contributed by atoms with Crippen LogP contribution in [-0.2, 0) is 14.3 Å². The van der Waals surface area contributed by atoms with Gasteiger partial charge in [0.05, 0.1) is 0 Å². The maximum atomic E-state index is 11.1. The van der Waals surface area contributed by atoms with E-state index in [-0.39, 0.29) is 12.2 Å². The van der Waals surface area contributed by atoms with Gasteiger partial charge in [-0.1, -0.05) is 18.2 Å². The molecule has 2 rings (SSSR count). The minimum atomic E-state index is -1.54. The van der Waals surface area contributed by atoms with Gasteiger partial charge in [0.1, 0.15) is 0 Å². The van der Waals surface area contributed by atoms with Crippen LogP contribution in [0.3, 0.4) is 0 Å². The number of carboxylic acid groups (broad SMARTS) is 2. The summed E-state index contributed by atoms with van der Waals surface area (Å²) in [6, 6.07) is 0. The Hall–Kier alpha value is -2.04. The van der Waals surface area contributed by atoms with Crippen LogP contribution in [0.15, 0.2) is 35.6 Å². The van der Waals surface area contributed by atoms with Gasteiger partial charge in [0.2, 0.25) is 11.4 Å². The summed E-state index contributed by atoms with van der Waals surface area (Å²) in [5, 5.41) is 17.8. The van der Waals surface area contributed by atoms with Crippen molar-refractivity contribution in [2.24, 2.45) is 0 Å². The molecule has 0 radical (unpaired) electrons. The Morgan fingerprint density at radius 1 is 1.40 bits per heavy atom. The molecule has 0 bridgehead atoms. The quantitative estimate of drug-likeness (QED) is 0.697. The van der Waals surface area contributed by atoms with E-state index in [1.807, 2.05) is 0 Å². The first-order valence-corrected chi connectivity index (χ1v) is 4.31. The molecule has 1 aliphatic carbocycles. The number of hydrogen-bond acceptors (Lipinski definition) is 3. The SMILES string of the molecule is O=C(O)C1=CC2=CC=CCC2(C(=O)O)O1. The molecule has 1 heterocycles. The van der Waals surface area contributed by atoms with Crippen molar-refractivity contribution in [3.8, 4) is 0 Å². The van der Waals surface area contributed by atoms with Crippen molar-refractivity contribution in [1.82, 2.24) is 0 Å². The van der Waals surface area contributed by atoms with Crippen LogP contribution in [-0.4, -0.2) is 27.8 Å². The molecule has 0 aromatic rings. The smallest absolute Gasteiger partial charge is 0.371 e. The molecule has 5 nitrogen and oxygen atoms in total. The lowest BCUT2D eigenvalue weighted by Gasteiger charge is -2.26. The molecule has 0 saturated carbocycles. The van der Waals surface area contributed by atoms with Crippen LogP contribution in [0.25, 0.3) is 0 Å². The topological polar surface area (TPSA) is 83.8 Å². The van der Waals surface area contributed by atoms with Crippen molar-refractivity contribution >= 4 is 11.9 Å². The summed E-state index contributed by atoms with van der Waals surface area (Å²) in [6.07, 6.45) is 6.26.